The second-order valence-corrected chi connectivity index (χ2v) is 7.32. The van der Waals surface area contributed by atoms with Gasteiger partial charge in [-0.2, -0.15) is 0 Å². The molecular formula is C24H18N2O3. The van der Waals surface area contributed by atoms with Crippen LogP contribution in [0.1, 0.15) is 54.2 Å². The molecule has 3 amide bonds. The van der Waals surface area contributed by atoms with Crippen LogP contribution in [-0.2, 0) is 0 Å². The van der Waals surface area contributed by atoms with E-state index in [1.165, 1.54) is 4.90 Å². The Hall–Kier alpha value is -3.73. The largest absolute Gasteiger partial charge is 0.345 e. The van der Waals surface area contributed by atoms with E-state index in [2.05, 4.69) is 5.32 Å². The van der Waals surface area contributed by atoms with Crippen molar-refractivity contribution in [1.29, 1.82) is 0 Å². The van der Waals surface area contributed by atoms with Crippen LogP contribution >= 0.6 is 0 Å². The van der Waals surface area contributed by atoms with Gasteiger partial charge in [0.05, 0.1) is 17.2 Å². The molecule has 3 aromatic rings. The first-order valence-electron chi connectivity index (χ1n) is 9.55. The molecule has 0 saturated heterocycles. The van der Waals surface area contributed by atoms with Gasteiger partial charge in [-0.3, -0.25) is 19.3 Å². The molecule has 2 aliphatic rings. The fourth-order valence-electron chi connectivity index (χ4n) is 4.31. The fourth-order valence-corrected chi connectivity index (χ4v) is 4.31. The van der Waals surface area contributed by atoms with Crippen molar-refractivity contribution in [2.24, 2.45) is 0 Å². The molecule has 5 nitrogen and oxygen atoms in total. The van der Waals surface area contributed by atoms with Gasteiger partial charge in [0.1, 0.15) is 0 Å². The summed E-state index contributed by atoms with van der Waals surface area (Å²) in [6, 6.07) is 23.6. The highest BCUT2D eigenvalue weighted by molar-refractivity contribution is 6.21. The molecule has 2 heterocycles. The van der Waals surface area contributed by atoms with E-state index in [0.717, 1.165) is 11.1 Å². The molecule has 29 heavy (non-hydrogen) atoms. The summed E-state index contributed by atoms with van der Waals surface area (Å²) in [5.74, 6) is -0.958. The summed E-state index contributed by atoms with van der Waals surface area (Å²) < 4.78 is 0. The number of hydrogen-bond donors (Lipinski definition) is 1. The van der Waals surface area contributed by atoms with Crippen molar-refractivity contribution in [3.63, 3.8) is 0 Å². The van der Waals surface area contributed by atoms with Crippen molar-refractivity contribution in [3.05, 3.63) is 107 Å². The Morgan fingerprint density at radius 3 is 1.90 bits per heavy atom. The van der Waals surface area contributed by atoms with Crippen LogP contribution in [-0.4, -0.2) is 29.2 Å². The first-order chi connectivity index (χ1) is 14.1. The van der Waals surface area contributed by atoms with Gasteiger partial charge in [0.25, 0.3) is 17.7 Å². The van der Waals surface area contributed by atoms with Crippen LogP contribution in [0.25, 0.3) is 0 Å². The molecule has 0 aliphatic carbocycles. The van der Waals surface area contributed by atoms with Gasteiger partial charge in [0, 0.05) is 18.0 Å². The lowest BCUT2D eigenvalue weighted by molar-refractivity contribution is 0.0634. The molecule has 5 rings (SSSR count). The van der Waals surface area contributed by atoms with Crippen molar-refractivity contribution in [2.75, 3.05) is 6.54 Å². The fraction of sp³-hybridized carbons (Fsp3) is 0.125. The third-order valence-electron chi connectivity index (χ3n) is 5.71. The summed E-state index contributed by atoms with van der Waals surface area (Å²) in [7, 11) is 0. The second kappa shape index (κ2) is 6.71. The van der Waals surface area contributed by atoms with Gasteiger partial charge >= 0.3 is 0 Å². The first-order valence-corrected chi connectivity index (χ1v) is 9.55. The number of fused-ring (bicyclic) bond motifs is 2. The quantitative estimate of drug-likeness (QED) is 0.705. The third-order valence-corrected chi connectivity index (χ3v) is 5.71. The van der Waals surface area contributed by atoms with Gasteiger partial charge in [-0.1, -0.05) is 60.7 Å². The maximum atomic E-state index is 12.9. The van der Waals surface area contributed by atoms with Gasteiger partial charge < -0.3 is 5.32 Å². The zero-order valence-corrected chi connectivity index (χ0v) is 15.5. The Morgan fingerprint density at radius 1 is 0.690 bits per heavy atom. The van der Waals surface area contributed by atoms with Crippen LogP contribution in [0.2, 0.25) is 0 Å². The van der Waals surface area contributed by atoms with Crippen LogP contribution in [0.15, 0.2) is 78.9 Å². The van der Waals surface area contributed by atoms with Crippen molar-refractivity contribution < 1.29 is 14.4 Å². The average molecular weight is 382 g/mol. The van der Waals surface area contributed by atoms with Gasteiger partial charge in [0.2, 0.25) is 0 Å². The topological polar surface area (TPSA) is 66.5 Å². The van der Waals surface area contributed by atoms with Gasteiger partial charge in [-0.05, 0) is 29.3 Å². The minimum Gasteiger partial charge on any atom is -0.345 e. The summed E-state index contributed by atoms with van der Waals surface area (Å²) in [5, 5.41) is 3.08. The highest BCUT2D eigenvalue weighted by Crippen LogP contribution is 2.38. The van der Waals surface area contributed by atoms with Crippen LogP contribution in [0, 0.1) is 0 Å². The number of hydrogen-bond acceptors (Lipinski definition) is 3. The molecule has 0 unspecified atom stereocenters. The third kappa shape index (κ3) is 2.74. The minimum atomic E-state index is -0.331. The molecule has 0 saturated carbocycles. The van der Waals surface area contributed by atoms with E-state index in [1.807, 2.05) is 48.5 Å². The second-order valence-electron chi connectivity index (χ2n) is 7.32. The van der Waals surface area contributed by atoms with Crippen LogP contribution in [0.5, 0.6) is 0 Å². The molecule has 2 atom stereocenters. The van der Waals surface area contributed by atoms with Crippen LogP contribution < -0.4 is 5.32 Å². The highest BCUT2D eigenvalue weighted by atomic mass is 16.2. The van der Waals surface area contributed by atoms with Crippen molar-refractivity contribution in [1.82, 2.24) is 10.2 Å². The van der Waals surface area contributed by atoms with E-state index in [9.17, 15) is 14.4 Å². The van der Waals surface area contributed by atoms with E-state index < -0.39 is 0 Å². The predicted molar refractivity (Wildman–Crippen MR) is 108 cm³/mol. The maximum absolute atomic E-state index is 12.9. The lowest BCUT2D eigenvalue weighted by Gasteiger charge is -2.36. The number of nitrogens with zero attached hydrogens (tertiary/aromatic N) is 1. The standard InChI is InChI=1S/C24H18N2O3/c27-22-17-11-5-4-10-16(17)20(21(25-22)15-8-2-1-3-9-15)14-26-23(28)18-12-6-7-13-19(18)24(26)29/h1-13,20-21H,14H2,(H,25,27)/t20-,21+/m1/s1. The lowest BCUT2D eigenvalue weighted by atomic mass is 9.81. The lowest BCUT2D eigenvalue weighted by Crippen LogP contribution is -2.44. The maximum Gasteiger partial charge on any atom is 0.261 e. The Bertz CT molecular complexity index is 1100. The zero-order chi connectivity index (χ0) is 20.0. The SMILES string of the molecule is O=C1N[C@@H](c2ccccc2)[C@H](CN2C(=O)c3ccccc3C2=O)c2ccccc21. The molecule has 1 N–H and O–H groups in total. The first kappa shape index (κ1) is 17.4. The molecule has 0 bridgehead atoms. The van der Waals surface area contributed by atoms with Gasteiger partial charge in [-0.25, -0.2) is 0 Å². The number of carbonyl (C=O) groups excluding carboxylic acids is 3. The monoisotopic (exact) mass is 382 g/mol. The number of imide groups is 1. The number of carbonyl (C=O) groups is 3. The molecule has 0 radical (unpaired) electrons. The zero-order valence-electron chi connectivity index (χ0n) is 15.5. The van der Waals surface area contributed by atoms with E-state index in [-0.39, 0.29) is 36.2 Å². The molecule has 3 aromatic carbocycles. The Morgan fingerprint density at radius 2 is 1.24 bits per heavy atom. The number of nitrogens with one attached hydrogen (secondary N) is 1. The summed E-state index contributed by atoms with van der Waals surface area (Å²) in [6.07, 6.45) is 0. The summed E-state index contributed by atoms with van der Waals surface area (Å²) in [5.41, 5.74) is 3.24. The molecule has 142 valence electrons. The van der Waals surface area contributed by atoms with Crippen molar-refractivity contribution >= 4 is 17.7 Å². The molecule has 0 aromatic heterocycles. The summed E-state index contributed by atoms with van der Waals surface area (Å²) in [4.78, 5) is 39.8. The molecule has 0 fully saturated rings. The Labute approximate surface area is 168 Å². The van der Waals surface area contributed by atoms with Crippen molar-refractivity contribution in [2.45, 2.75) is 12.0 Å². The van der Waals surface area contributed by atoms with Crippen LogP contribution in [0.4, 0.5) is 0 Å². The Kier molecular flexibility index (Phi) is 4.02. The van der Waals surface area contributed by atoms with Gasteiger partial charge in [0.15, 0.2) is 0 Å². The van der Waals surface area contributed by atoms with E-state index in [0.29, 0.717) is 16.7 Å². The van der Waals surface area contributed by atoms with E-state index >= 15 is 0 Å². The molecular weight excluding hydrogens is 364 g/mol. The van der Waals surface area contributed by atoms with Crippen LogP contribution in [0.3, 0.4) is 0 Å². The highest BCUT2D eigenvalue weighted by Gasteiger charge is 2.41. The Balaban J connectivity index is 1.57. The molecule has 5 heteroatoms. The minimum absolute atomic E-state index is 0.145. The number of rotatable bonds is 3. The average Bonchev–Trinajstić information content (AvgIpc) is 3.01. The molecule has 0 spiro atoms. The predicted octanol–water partition coefficient (Wildman–Crippen LogP) is 3.55. The van der Waals surface area contributed by atoms with E-state index in [4.69, 9.17) is 0 Å². The van der Waals surface area contributed by atoms with Gasteiger partial charge in [-0.15, -0.1) is 0 Å². The summed E-state index contributed by atoms with van der Waals surface area (Å²) >= 11 is 0. The number of benzene rings is 3. The smallest absolute Gasteiger partial charge is 0.261 e. The van der Waals surface area contributed by atoms with E-state index in [1.54, 1.807) is 30.3 Å². The summed E-state index contributed by atoms with van der Waals surface area (Å²) in [6.45, 7) is 0.198. The molecule has 2 aliphatic heterocycles. The number of amides is 3. The van der Waals surface area contributed by atoms with Crippen molar-refractivity contribution in [3.8, 4) is 0 Å². The normalized spacial score (nSPS) is 20.3.